The van der Waals surface area contributed by atoms with Crippen molar-refractivity contribution in [3.05, 3.63) is 71.5 Å². The molecule has 0 radical (unpaired) electrons. The number of nitrogens with one attached hydrogen (secondary N) is 1. The number of hydrogen-bond acceptors (Lipinski definition) is 2. The van der Waals surface area contributed by atoms with Crippen LogP contribution in [0.15, 0.2) is 54.6 Å². The highest BCUT2D eigenvalue weighted by atomic mass is 19.1. The van der Waals surface area contributed by atoms with Crippen LogP contribution >= 0.6 is 0 Å². The van der Waals surface area contributed by atoms with E-state index < -0.39 is 11.7 Å². The maximum atomic E-state index is 13.3. The SMILES string of the molecule is O=C(NOCc1ccccc1)c1ccccc1F. The maximum Gasteiger partial charge on any atom is 0.277 e. The van der Waals surface area contributed by atoms with Crippen LogP contribution in [0.4, 0.5) is 4.39 Å². The first-order valence-electron chi connectivity index (χ1n) is 5.48. The molecular weight excluding hydrogens is 233 g/mol. The first kappa shape index (κ1) is 12.3. The standard InChI is InChI=1S/C14H12FNO2/c15-13-9-5-4-8-12(13)14(17)16-18-10-11-6-2-1-3-7-11/h1-9H,10H2,(H,16,17). The fourth-order valence-electron chi connectivity index (χ4n) is 1.46. The van der Waals surface area contributed by atoms with Gasteiger partial charge in [0.2, 0.25) is 0 Å². The monoisotopic (exact) mass is 245 g/mol. The summed E-state index contributed by atoms with van der Waals surface area (Å²) in [7, 11) is 0. The molecule has 0 atom stereocenters. The van der Waals surface area contributed by atoms with Gasteiger partial charge >= 0.3 is 0 Å². The van der Waals surface area contributed by atoms with Gasteiger partial charge in [0.25, 0.3) is 5.91 Å². The van der Waals surface area contributed by atoms with Gasteiger partial charge in [-0.3, -0.25) is 9.63 Å². The van der Waals surface area contributed by atoms with Crippen LogP contribution < -0.4 is 5.48 Å². The summed E-state index contributed by atoms with van der Waals surface area (Å²) in [6, 6.07) is 15.1. The van der Waals surface area contributed by atoms with Crippen molar-refractivity contribution in [1.82, 2.24) is 5.48 Å². The van der Waals surface area contributed by atoms with Crippen molar-refractivity contribution < 1.29 is 14.0 Å². The number of hydrogen-bond donors (Lipinski definition) is 1. The van der Waals surface area contributed by atoms with Crippen molar-refractivity contribution in [2.24, 2.45) is 0 Å². The second-order valence-corrected chi connectivity index (χ2v) is 3.69. The highest BCUT2D eigenvalue weighted by molar-refractivity contribution is 5.93. The summed E-state index contributed by atoms with van der Waals surface area (Å²) in [5, 5.41) is 0. The molecular formula is C14H12FNO2. The highest BCUT2D eigenvalue weighted by Gasteiger charge is 2.10. The molecule has 0 saturated heterocycles. The van der Waals surface area contributed by atoms with Crippen LogP contribution in [0.3, 0.4) is 0 Å². The van der Waals surface area contributed by atoms with E-state index >= 15 is 0 Å². The Kier molecular flexibility index (Phi) is 4.04. The number of hydroxylamine groups is 1. The molecule has 2 rings (SSSR count). The Bertz CT molecular complexity index is 528. The molecule has 0 spiro atoms. The van der Waals surface area contributed by atoms with E-state index in [1.807, 2.05) is 30.3 Å². The van der Waals surface area contributed by atoms with Crippen molar-refractivity contribution in [3.63, 3.8) is 0 Å². The van der Waals surface area contributed by atoms with Crippen molar-refractivity contribution in [1.29, 1.82) is 0 Å². The molecule has 0 aliphatic carbocycles. The predicted molar refractivity (Wildman–Crippen MR) is 65.1 cm³/mol. The average Bonchev–Trinajstić information content (AvgIpc) is 2.40. The first-order chi connectivity index (χ1) is 8.77. The van der Waals surface area contributed by atoms with Crippen LogP contribution in [0, 0.1) is 5.82 Å². The molecule has 1 N–H and O–H groups in total. The van der Waals surface area contributed by atoms with Crippen LogP contribution in [-0.2, 0) is 11.4 Å². The Morgan fingerprint density at radius 1 is 1.06 bits per heavy atom. The Hall–Kier alpha value is -2.20. The van der Waals surface area contributed by atoms with E-state index in [0.717, 1.165) is 5.56 Å². The second-order valence-electron chi connectivity index (χ2n) is 3.69. The van der Waals surface area contributed by atoms with Crippen molar-refractivity contribution >= 4 is 5.91 Å². The predicted octanol–water partition coefficient (Wildman–Crippen LogP) is 2.69. The summed E-state index contributed by atoms with van der Waals surface area (Å²) < 4.78 is 13.3. The van der Waals surface area contributed by atoms with E-state index in [9.17, 15) is 9.18 Å². The van der Waals surface area contributed by atoms with Crippen molar-refractivity contribution in [3.8, 4) is 0 Å². The van der Waals surface area contributed by atoms with Gasteiger partial charge in [-0.25, -0.2) is 9.87 Å². The maximum absolute atomic E-state index is 13.3. The number of benzene rings is 2. The topological polar surface area (TPSA) is 38.3 Å². The van der Waals surface area contributed by atoms with E-state index in [0.29, 0.717) is 0 Å². The Balaban J connectivity index is 1.88. The van der Waals surface area contributed by atoms with Crippen LogP contribution in [0.25, 0.3) is 0 Å². The molecule has 1 amide bonds. The lowest BCUT2D eigenvalue weighted by atomic mass is 10.2. The number of rotatable bonds is 4. The molecule has 18 heavy (non-hydrogen) atoms. The van der Waals surface area contributed by atoms with Crippen LogP contribution in [-0.4, -0.2) is 5.91 Å². The zero-order valence-electron chi connectivity index (χ0n) is 9.60. The largest absolute Gasteiger partial charge is 0.277 e. The van der Waals surface area contributed by atoms with Gasteiger partial charge < -0.3 is 0 Å². The number of carbonyl (C=O) groups is 1. The van der Waals surface area contributed by atoms with Gasteiger partial charge in [0.05, 0.1) is 12.2 Å². The van der Waals surface area contributed by atoms with Gasteiger partial charge in [0.1, 0.15) is 5.82 Å². The third-order valence-electron chi connectivity index (χ3n) is 2.37. The minimum Gasteiger partial charge on any atom is -0.269 e. The molecule has 2 aromatic rings. The minimum atomic E-state index is -0.593. The molecule has 0 fully saturated rings. The number of carbonyl (C=O) groups excluding carboxylic acids is 1. The van der Waals surface area contributed by atoms with E-state index in [1.165, 1.54) is 18.2 Å². The normalized spacial score (nSPS) is 10.1. The lowest BCUT2D eigenvalue weighted by Crippen LogP contribution is -2.24. The molecule has 4 heteroatoms. The highest BCUT2D eigenvalue weighted by Crippen LogP contribution is 2.06. The molecule has 0 heterocycles. The minimum absolute atomic E-state index is 0.0365. The lowest BCUT2D eigenvalue weighted by Gasteiger charge is -2.06. The van der Waals surface area contributed by atoms with Gasteiger partial charge in [-0.15, -0.1) is 0 Å². The Morgan fingerprint density at radius 3 is 2.44 bits per heavy atom. The summed E-state index contributed by atoms with van der Waals surface area (Å²) in [5.74, 6) is -1.16. The molecule has 0 saturated carbocycles. The first-order valence-corrected chi connectivity index (χ1v) is 5.48. The van der Waals surface area contributed by atoms with Gasteiger partial charge in [-0.05, 0) is 17.7 Å². The van der Waals surface area contributed by atoms with E-state index in [1.54, 1.807) is 6.07 Å². The molecule has 0 unspecified atom stereocenters. The molecule has 0 aromatic heterocycles. The fourth-order valence-corrected chi connectivity index (χ4v) is 1.46. The number of halogens is 1. The molecule has 2 aromatic carbocycles. The Morgan fingerprint density at radius 2 is 1.72 bits per heavy atom. The van der Waals surface area contributed by atoms with E-state index in [4.69, 9.17) is 4.84 Å². The third-order valence-corrected chi connectivity index (χ3v) is 2.37. The zero-order valence-corrected chi connectivity index (χ0v) is 9.60. The van der Waals surface area contributed by atoms with Gasteiger partial charge in [-0.2, -0.15) is 0 Å². The summed E-state index contributed by atoms with van der Waals surface area (Å²) in [5.41, 5.74) is 3.10. The zero-order chi connectivity index (χ0) is 12.8. The fraction of sp³-hybridized carbons (Fsp3) is 0.0714. The quantitative estimate of drug-likeness (QED) is 0.841. The van der Waals surface area contributed by atoms with Crippen molar-refractivity contribution in [2.75, 3.05) is 0 Å². The van der Waals surface area contributed by atoms with Gasteiger partial charge in [0, 0.05) is 0 Å². The summed E-state index contributed by atoms with van der Waals surface area (Å²) in [4.78, 5) is 16.6. The molecule has 0 aliphatic rings. The van der Waals surface area contributed by atoms with Gasteiger partial charge in [-0.1, -0.05) is 42.5 Å². The summed E-state index contributed by atoms with van der Waals surface area (Å²) in [6.07, 6.45) is 0. The van der Waals surface area contributed by atoms with Crippen LogP contribution in [0.2, 0.25) is 0 Å². The molecule has 92 valence electrons. The van der Waals surface area contributed by atoms with Crippen molar-refractivity contribution in [2.45, 2.75) is 6.61 Å². The summed E-state index contributed by atoms with van der Waals surface area (Å²) in [6.45, 7) is 0.237. The van der Waals surface area contributed by atoms with Crippen LogP contribution in [0.5, 0.6) is 0 Å². The van der Waals surface area contributed by atoms with E-state index in [-0.39, 0.29) is 12.2 Å². The second kappa shape index (κ2) is 5.93. The molecule has 0 aliphatic heterocycles. The summed E-state index contributed by atoms with van der Waals surface area (Å²) >= 11 is 0. The Labute approximate surface area is 104 Å². The third kappa shape index (κ3) is 3.15. The van der Waals surface area contributed by atoms with Gasteiger partial charge in [0.15, 0.2) is 0 Å². The smallest absolute Gasteiger partial charge is 0.269 e. The molecule has 0 bridgehead atoms. The van der Waals surface area contributed by atoms with E-state index in [2.05, 4.69) is 5.48 Å². The average molecular weight is 245 g/mol. The van der Waals surface area contributed by atoms with Crippen LogP contribution in [0.1, 0.15) is 15.9 Å². The number of amides is 1. The molecule has 3 nitrogen and oxygen atoms in total. The lowest BCUT2D eigenvalue weighted by molar-refractivity contribution is 0.0230.